The number of hydrogen-bond donors (Lipinski definition) is 2. The van der Waals surface area contributed by atoms with E-state index in [0.717, 1.165) is 13.1 Å². The van der Waals surface area contributed by atoms with Gasteiger partial charge >= 0.3 is 0 Å². The second-order valence-electron chi connectivity index (χ2n) is 3.91. The van der Waals surface area contributed by atoms with Gasteiger partial charge in [0.2, 0.25) is 0 Å². The third-order valence-electron chi connectivity index (χ3n) is 2.86. The first-order valence-electron chi connectivity index (χ1n) is 5.00. The van der Waals surface area contributed by atoms with Crippen LogP contribution in [0.4, 0.5) is 4.39 Å². The molecule has 1 aliphatic heterocycles. The van der Waals surface area contributed by atoms with Crippen LogP contribution in [0.5, 0.6) is 0 Å². The van der Waals surface area contributed by atoms with E-state index in [4.69, 9.17) is 11.6 Å². The van der Waals surface area contributed by atoms with Crippen molar-refractivity contribution >= 4 is 11.6 Å². The fraction of sp³-hybridized carbons (Fsp3) is 0.455. The summed E-state index contributed by atoms with van der Waals surface area (Å²) in [5.74, 6) is -0.360. The molecule has 0 aromatic heterocycles. The molecule has 4 heteroatoms. The van der Waals surface area contributed by atoms with Crippen LogP contribution in [0.2, 0.25) is 5.02 Å². The van der Waals surface area contributed by atoms with Gasteiger partial charge in [0, 0.05) is 10.6 Å². The van der Waals surface area contributed by atoms with Crippen molar-refractivity contribution in [3.05, 3.63) is 34.6 Å². The Hall–Kier alpha value is -0.640. The summed E-state index contributed by atoms with van der Waals surface area (Å²) in [5, 5.41) is 13.9. The van der Waals surface area contributed by atoms with Crippen LogP contribution in [0.1, 0.15) is 18.4 Å². The third-order valence-corrected chi connectivity index (χ3v) is 3.19. The third kappa shape index (κ3) is 2.14. The highest BCUT2D eigenvalue weighted by atomic mass is 35.5. The highest BCUT2D eigenvalue weighted by Gasteiger charge is 2.33. The summed E-state index contributed by atoms with van der Waals surface area (Å²) in [6.07, 6.45) is 1.13. The first-order valence-corrected chi connectivity index (χ1v) is 5.38. The van der Waals surface area contributed by atoms with Crippen LogP contribution >= 0.6 is 11.6 Å². The van der Waals surface area contributed by atoms with E-state index in [0.29, 0.717) is 23.4 Å². The lowest BCUT2D eigenvalue weighted by Gasteiger charge is -2.33. The van der Waals surface area contributed by atoms with Gasteiger partial charge in [-0.1, -0.05) is 11.6 Å². The maximum Gasteiger partial charge on any atom is 0.123 e. The average molecular weight is 230 g/mol. The zero-order valence-electron chi connectivity index (χ0n) is 8.26. The zero-order chi connectivity index (χ0) is 10.9. The number of rotatable bonds is 1. The highest BCUT2D eigenvalue weighted by molar-refractivity contribution is 6.31. The fourth-order valence-corrected chi connectivity index (χ4v) is 2.26. The van der Waals surface area contributed by atoms with Crippen molar-refractivity contribution in [2.24, 2.45) is 0 Å². The van der Waals surface area contributed by atoms with E-state index in [-0.39, 0.29) is 5.82 Å². The first-order chi connectivity index (χ1) is 7.12. The summed E-state index contributed by atoms with van der Waals surface area (Å²) in [7, 11) is 0. The molecule has 1 aliphatic rings. The maximum absolute atomic E-state index is 13.1. The number of piperidine rings is 1. The highest BCUT2D eigenvalue weighted by Crippen LogP contribution is 2.35. The molecule has 0 amide bonds. The number of nitrogens with one attached hydrogen (secondary N) is 1. The Balaban J connectivity index is 2.38. The van der Waals surface area contributed by atoms with Crippen LogP contribution in [0.25, 0.3) is 0 Å². The second-order valence-corrected chi connectivity index (χ2v) is 4.31. The van der Waals surface area contributed by atoms with Crippen LogP contribution in [0.15, 0.2) is 18.2 Å². The van der Waals surface area contributed by atoms with Crippen molar-refractivity contribution in [1.29, 1.82) is 0 Å². The minimum atomic E-state index is -0.982. The molecule has 0 aliphatic carbocycles. The molecule has 2 nitrogen and oxygen atoms in total. The molecule has 1 fully saturated rings. The van der Waals surface area contributed by atoms with Crippen molar-refractivity contribution in [1.82, 2.24) is 5.32 Å². The van der Waals surface area contributed by atoms with E-state index in [2.05, 4.69) is 5.32 Å². The molecule has 2 rings (SSSR count). The molecule has 0 spiro atoms. The molecule has 0 unspecified atom stereocenters. The largest absolute Gasteiger partial charge is 0.385 e. The first kappa shape index (κ1) is 10.9. The monoisotopic (exact) mass is 229 g/mol. The number of hydrogen-bond acceptors (Lipinski definition) is 2. The molecule has 0 atom stereocenters. The maximum atomic E-state index is 13.1. The van der Waals surface area contributed by atoms with Crippen molar-refractivity contribution in [2.75, 3.05) is 13.1 Å². The van der Waals surface area contributed by atoms with E-state index in [1.165, 1.54) is 18.2 Å². The van der Waals surface area contributed by atoms with E-state index >= 15 is 0 Å². The molecule has 15 heavy (non-hydrogen) atoms. The molecule has 1 heterocycles. The summed E-state index contributed by atoms with van der Waals surface area (Å²) >= 11 is 5.97. The normalized spacial score (nSPS) is 20.2. The molecular weight excluding hydrogens is 217 g/mol. The van der Waals surface area contributed by atoms with Gasteiger partial charge in [-0.2, -0.15) is 0 Å². The van der Waals surface area contributed by atoms with E-state index < -0.39 is 5.60 Å². The summed E-state index contributed by atoms with van der Waals surface area (Å²) in [6, 6.07) is 4.12. The van der Waals surface area contributed by atoms with Gasteiger partial charge in [-0.15, -0.1) is 0 Å². The molecule has 0 radical (unpaired) electrons. The topological polar surface area (TPSA) is 32.3 Å². The summed E-state index contributed by atoms with van der Waals surface area (Å²) in [5.41, 5.74) is -0.476. The SMILES string of the molecule is OC1(c2cc(F)ccc2Cl)CCNCC1. The van der Waals surface area contributed by atoms with Crippen LogP contribution < -0.4 is 5.32 Å². The van der Waals surface area contributed by atoms with Gasteiger partial charge < -0.3 is 10.4 Å². The molecule has 1 saturated heterocycles. The van der Waals surface area contributed by atoms with Crippen LogP contribution in [-0.4, -0.2) is 18.2 Å². The Morgan fingerprint density at radius 2 is 2.00 bits per heavy atom. The Bertz CT molecular complexity index is 364. The lowest BCUT2D eigenvalue weighted by atomic mass is 9.85. The Labute approximate surface area is 93.1 Å². The Morgan fingerprint density at radius 1 is 1.33 bits per heavy atom. The predicted molar refractivity (Wildman–Crippen MR) is 57.4 cm³/mol. The van der Waals surface area contributed by atoms with Gasteiger partial charge in [0.25, 0.3) is 0 Å². The summed E-state index contributed by atoms with van der Waals surface area (Å²) in [6.45, 7) is 1.45. The minimum absolute atomic E-state index is 0.360. The van der Waals surface area contributed by atoms with Gasteiger partial charge in [0.15, 0.2) is 0 Å². The lowest BCUT2D eigenvalue weighted by Crippen LogP contribution is -2.39. The number of benzene rings is 1. The minimum Gasteiger partial charge on any atom is -0.385 e. The van der Waals surface area contributed by atoms with Crippen molar-refractivity contribution in [2.45, 2.75) is 18.4 Å². The molecule has 1 aromatic rings. The Kier molecular flexibility index (Phi) is 2.96. The van der Waals surface area contributed by atoms with E-state index in [1.807, 2.05) is 0 Å². The van der Waals surface area contributed by atoms with Crippen LogP contribution in [0.3, 0.4) is 0 Å². The van der Waals surface area contributed by atoms with E-state index in [9.17, 15) is 9.50 Å². The van der Waals surface area contributed by atoms with Gasteiger partial charge in [0.1, 0.15) is 5.82 Å². The summed E-state index contributed by atoms with van der Waals surface area (Å²) < 4.78 is 13.1. The molecule has 1 aromatic carbocycles. The standard InChI is InChI=1S/C11H13ClFNO/c12-10-2-1-8(13)7-9(10)11(15)3-5-14-6-4-11/h1-2,7,14-15H,3-6H2. The predicted octanol–water partition coefficient (Wildman–Crippen LogP) is 2.05. The second kappa shape index (κ2) is 4.08. The van der Waals surface area contributed by atoms with Crippen LogP contribution in [-0.2, 0) is 5.60 Å². The Morgan fingerprint density at radius 3 is 2.67 bits per heavy atom. The van der Waals surface area contributed by atoms with Crippen LogP contribution in [0, 0.1) is 5.82 Å². The fourth-order valence-electron chi connectivity index (χ4n) is 1.96. The lowest BCUT2D eigenvalue weighted by molar-refractivity contribution is 0.00578. The molecule has 0 bridgehead atoms. The quantitative estimate of drug-likeness (QED) is 0.773. The average Bonchev–Trinajstić information content (AvgIpc) is 2.23. The zero-order valence-corrected chi connectivity index (χ0v) is 9.02. The van der Waals surface area contributed by atoms with Crippen molar-refractivity contribution < 1.29 is 9.50 Å². The van der Waals surface area contributed by atoms with E-state index in [1.54, 1.807) is 0 Å². The summed E-state index contributed by atoms with van der Waals surface area (Å²) in [4.78, 5) is 0. The van der Waals surface area contributed by atoms with Gasteiger partial charge in [-0.25, -0.2) is 4.39 Å². The van der Waals surface area contributed by atoms with Crippen molar-refractivity contribution in [3.63, 3.8) is 0 Å². The number of aliphatic hydroxyl groups is 1. The molecule has 2 N–H and O–H groups in total. The molecule has 0 saturated carbocycles. The number of halogens is 2. The smallest absolute Gasteiger partial charge is 0.123 e. The molecular formula is C11H13ClFNO. The van der Waals surface area contributed by atoms with Gasteiger partial charge in [-0.05, 0) is 44.1 Å². The van der Waals surface area contributed by atoms with Gasteiger partial charge in [-0.3, -0.25) is 0 Å². The molecule has 82 valence electrons. The van der Waals surface area contributed by atoms with Crippen molar-refractivity contribution in [3.8, 4) is 0 Å². The van der Waals surface area contributed by atoms with Gasteiger partial charge in [0.05, 0.1) is 5.60 Å².